The molecule has 0 bridgehead atoms. The third kappa shape index (κ3) is 3.32. The quantitative estimate of drug-likeness (QED) is 0.502. The Bertz CT molecular complexity index is 1230. The van der Waals surface area contributed by atoms with Gasteiger partial charge < -0.3 is 4.74 Å². The molecule has 0 saturated carbocycles. The molecule has 32 heavy (non-hydrogen) atoms. The van der Waals surface area contributed by atoms with E-state index in [9.17, 15) is 16.8 Å². The van der Waals surface area contributed by atoms with Crippen molar-refractivity contribution < 1.29 is 21.6 Å². The fourth-order valence-electron chi connectivity index (χ4n) is 4.52. The number of hydrogen-bond acceptors (Lipinski definition) is 5. The first-order valence-corrected chi connectivity index (χ1v) is 13.2. The van der Waals surface area contributed by atoms with Gasteiger partial charge >= 0.3 is 0 Å². The molecule has 4 rings (SSSR count). The maximum atomic E-state index is 14.4. The summed E-state index contributed by atoms with van der Waals surface area (Å²) in [5, 5.41) is 0. The van der Waals surface area contributed by atoms with Gasteiger partial charge in [0.15, 0.2) is 0 Å². The number of ether oxygens (including phenoxy) is 1. The van der Waals surface area contributed by atoms with E-state index in [2.05, 4.69) is 0 Å². The smallest absolute Gasteiger partial charge is 0.218 e. The van der Waals surface area contributed by atoms with Crippen LogP contribution in [0, 0.1) is 0 Å². The molecule has 0 aromatic heterocycles. The average Bonchev–Trinajstić information content (AvgIpc) is 2.84. The Morgan fingerprint density at radius 1 is 0.719 bits per heavy atom. The molecule has 5 nitrogen and oxygen atoms in total. The van der Waals surface area contributed by atoms with E-state index < -0.39 is 35.8 Å². The second-order valence-corrected chi connectivity index (χ2v) is 12.2. The van der Waals surface area contributed by atoms with Gasteiger partial charge in [0.25, 0.3) is 0 Å². The lowest BCUT2D eigenvalue weighted by molar-refractivity contribution is 0.111. The number of sulfone groups is 2. The summed E-state index contributed by atoms with van der Waals surface area (Å²) < 4.78 is 60.9. The first-order chi connectivity index (χ1) is 15.4. The lowest BCUT2D eigenvalue weighted by Crippen LogP contribution is -2.60. The first kappa shape index (κ1) is 22.5. The van der Waals surface area contributed by atoms with Crippen LogP contribution in [0.3, 0.4) is 0 Å². The zero-order valence-electron chi connectivity index (χ0n) is 17.5. The molecule has 0 unspecified atom stereocenters. The van der Waals surface area contributed by atoms with Crippen LogP contribution in [-0.4, -0.2) is 34.1 Å². The van der Waals surface area contributed by atoms with Crippen molar-refractivity contribution in [2.24, 2.45) is 0 Å². The molecule has 0 amide bonds. The maximum absolute atomic E-state index is 14.4. The van der Waals surface area contributed by atoms with Gasteiger partial charge in [-0.2, -0.15) is 0 Å². The zero-order valence-corrected chi connectivity index (χ0v) is 19.2. The van der Waals surface area contributed by atoms with Crippen LogP contribution in [0.1, 0.15) is 17.9 Å². The summed E-state index contributed by atoms with van der Waals surface area (Å²) in [4.78, 5) is -0.115. The molecule has 2 atom stereocenters. The second kappa shape index (κ2) is 8.65. The summed E-state index contributed by atoms with van der Waals surface area (Å²) in [6, 6.07) is 24.4. The van der Waals surface area contributed by atoms with Gasteiger partial charge in [0.2, 0.25) is 23.8 Å². The Hall–Kier alpha value is -2.74. The van der Waals surface area contributed by atoms with Crippen LogP contribution in [0.2, 0.25) is 0 Å². The first-order valence-electron chi connectivity index (χ1n) is 10.2. The Balaban J connectivity index is 2.14. The van der Waals surface area contributed by atoms with Crippen LogP contribution in [-0.2, 0) is 24.4 Å². The van der Waals surface area contributed by atoms with Crippen LogP contribution in [0.25, 0.3) is 0 Å². The molecule has 0 radical (unpaired) electrons. The summed E-state index contributed by atoms with van der Waals surface area (Å²) in [6.07, 6.45) is 2.38. The number of allylic oxidation sites excluding steroid dienone is 1. The van der Waals surface area contributed by atoms with Gasteiger partial charge in [-0.1, -0.05) is 78.9 Å². The van der Waals surface area contributed by atoms with Gasteiger partial charge in [-0.3, -0.25) is 0 Å². The highest BCUT2D eigenvalue weighted by atomic mass is 32.3. The number of hydrogen-bond donors (Lipinski definition) is 0. The number of methoxy groups -OCH3 is 1. The molecule has 0 fully saturated rings. The average molecular weight is 469 g/mol. The van der Waals surface area contributed by atoms with E-state index in [4.69, 9.17) is 4.74 Å². The van der Waals surface area contributed by atoms with Crippen molar-refractivity contribution in [1.82, 2.24) is 0 Å². The lowest BCUT2D eigenvalue weighted by atomic mass is 9.85. The predicted octanol–water partition coefficient (Wildman–Crippen LogP) is 4.39. The van der Waals surface area contributed by atoms with Gasteiger partial charge in [0.1, 0.15) is 6.10 Å². The second-order valence-electron chi connectivity index (χ2n) is 7.64. The molecule has 0 saturated heterocycles. The van der Waals surface area contributed by atoms with Crippen molar-refractivity contribution in [3.63, 3.8) is 0 Å². The van der Waals surface area contributed by atoms with Crippen LogP contribution < -0.4 is 0 Å². The summed E-state index contributed by atoms with van der Waals surface area (Å²) in [7, 11) is -7.56. The minimum atomic E-state index is -4.45. The molecular formula is C25H24O5S2. The molecule has 3 aromatic rings. The van der Waals surface area contributed by atoms with Crippen LogP contribution in [0.5, 0.6) is 0 Å². The van der Waals surface area contributed by atoms with E-state index in [0.29, 0.717) is 5.56 Å². The van der Waals surface area contributed by atoms with Gasteiger partial charge in [-0.25, -0.2) is 16.8 Å². The van der Waals surface area contributed by atoms with E-state index >= 15 is 0 Å². The molecule has 166 valence electrons. The normalized spacial score (nSPS) is 20.7. The summed E-state index contributed by atoms with van der Waals surface area (Å²) in [5.41, 5.74) is 0.623. The Morgan fingerprint density at radius 3 is 1.59 bits per heavy atom. The molecule has 1 aliphatic carbocycles. The largest absolute Gasteiger partial charge is 0.375 e. The highest BCUT2D eigenvalue weighted by Gasteiger charge is 2.66. The Kier molecular flexibility index (Phi) is 6.07. The highest BCUT2D eigenvalue weighted by molar-refractivity contribution is 8.10. The standard InChI is InChI=1S/C25H24O5S2/c1-30-24-19-11-18-23(20-12-5-2-6-13-20)25(24,31(26,27)21-14-7-3-8-15-21)32(28,29)22-16-9-4-10-17-22/h2-17,19,23-24H,18H2,1H3/t23-,24+/m1/s1. The van der Waals surface area contributed by atoms with Crippen molar-refractivity contribution in [3.05, 3.63) is 109 Å². The minimum Gasteiger partial charge on any atom is -0.375 e. The third-order valence-electron chi connectivity index (χ3n) is 5.97. The van der Waals surface area contributed by atoms with Gasteiger partial charge in [-0.05, 0) is 36.2 Å². The lowest BCUT2D eigenvalue weighted by Gasteiger charge is -2.45. The van der Waals surface area contributed by atoms with Crippen LogP contribution >= 0.6 is 0 Å². The van der Waals surface area contributed by atoms with Crippen molar-refractivity contribution in [2.45, 2.75) is 32.3 Å². The maximum Gasteiger partial charge on any atom is 0.218 e. The van der Waals surface area contributed by atoms with E-state index in [1.54, 1.807) is 72.8 Å². The Morgan fingerprint density at radius 2 is 1.16 bits per heavy atom. The molecule has 0 spiro atoms. The van der Waals surface area contributed by atoms with E-state index in [1.807, 2.05) is 6.07 Å². The van der Waals surface area contributed by atoms with Crippen molar-refractivity contribution in [2.75, 3.05) is 7.11 Å². The Labute approximate surface area is 189 Å². The fraction of sp³-hybridized carbons (Fsp3) is 0.200. The van der Waals surface area contributed by atoms with Gasteiger partial charge in [-0.15, -0.1) is 0 Å². The van der Waals surface area contributed by atoms with Crippen molar-refractivity contribution in [3.8, 4) is 0 Å². The van der Waals surface area contributed by atoms with E-state index in [-0.39, 0.29) is 16.2 Å². The van der Waals surface area contributed by atoms with Gasteiger partial charge in [0, 0.05) is 13.0 Å². The van der Waals surface area contributed by atoms with Crippen molar-refractivity contribution >= 4 is 19.7 Å². The number of rotatable bonds is 6. The molecule has 7 heteroatoms. The number of benzene rings is 3. The SMILES string of the molecule is CO[C@H]1C=CC[C@H](c2ccccc2)C1(S(=O)(=O)c1ccccc1)S(=O)(=O)c1ccccc1. The molecule has 0 aliphatic heterocycles. The summed E-state index contributed by atoms with van der Waals surface area (Å²) in [5.74, 6) is -0.880. The topological polar surface area (TPSA) is 77.5 Å². The van der Waals surface area contributed by atoms with E-state index in [1.165, 1.54) is 31.4 Å². The van der Waals surface area contributed by atoms with E-state index in [0.717, 1.165) is 0 Å². The predicted molar refractivity (Wildman–Crippen MR) is 124 cm³/mol. The van der Waals surface area contributed by atoms with Crippen LogP contribution in [0.15, 0.2) is 113 Å². The van der Waals surface area contributed by atoms with Gasteiger partial charge in [0.05, 0.1) is 9.79 Å². The molecule has 0 heterocycles. The molecular weight excluding hydrogens is 444 g/mol. The zero-order chi connectivity index (χ0) is 22.8. The fourth-order valence-corrected chi connectivity index (χ4v) is 10.2. The minimum absolute atomic E-state index is 0.0576. The molecule has 0 N–H and O–H groups in total. The monoisotopic (exact) mass is 468 g/mol. The molecule has 1 aliphatic rings. The van der Waals surface area contributed by atoms with Crippen LogP contribution in [0.4, 0.5) is 0 Å². The highest BCUT2D eigenvalue weighted by Crippen LogP contribution is 2.52. The summed E-state index contributed by atoms with van der Waals surface area (Å²) >= 11 is 0. The molecule has 3 aromatic carbocycles. The third-order valence-corrected chi connectivity index (χ3v) is 11.8. The summed E-state index contributed by atoms with van der Waals surface area (Å²) in [6.45, 7) is 0. The van der Waals surface area contributed by atoms with Crippen molar-refractivity contribution in [1.29, 1.82) is 0 Å².